The maximum atomic E-state index is 12.4. The van der Waals surface area contributed by atoms with Crippen LogP contribution in [0.2, 0.25) is 0 Å². The lowest BCUT2D eigenvalue weighted by molar-refractivity contribution is -0.141. The van der Waals surface area contributed by atoms with Crippen LogP contribution >= 0.6 is 0 Å². The van der Waals surface area contributed by atoms with E-state index in [-0.39, 0.29) is 24.9 Å². The maximum absolute atomic E-state index is 12.4. The number of aromatic amines is 1. The number of nitrogens with one attached hydrogen (secondary N) is 2. The lowest BCUT2D eigenvalue weighted by Gasteiger charge is -2.06. The van der Waals surface area contributed by atoms with Gasteiger partial charge >= 0.3 is 5.97 Å². The van der Waals surface area contributed by atoms with Crippen molar-refractivity contribution >= 4 is 28.5 Å². The van der Waals surface area contributed by atoms with Gasteiger partial charge in [0.05, 0.1) is 31.3 Å². The van der Waals surface area contributed by atoms with Crippen LogP contribution in [0.1, 0.15) is 16.9 Å². The van der Waals surface area contributed by atoms with Gasteiger partial charge in [0.2, 0.25) is 0 Å². The van der Waals surface area contributed by atoms with Crippen LogP contribution in [0.3, 0.4) is 0 Å². The van der Waals surface area contributed by atoms with Crippen molar-refractivity contribution in [1.82, 2.24) is 9.97 Å². The molecule has 0 saturated heterocycles. The van der Waals surface area contributed by atoms with Crippen molar-refractivity contribution in [3.8, 4) is 5.75 Å². The first-order valence-electron chi connectivity index (χ1n) is 7.70. The number of anilines is 1. The number of hydrogen-bond acceptors (Lipinski definition) is 5. The summed E-state index contributed by atoms with van der Waals surface area (Å²) >= 11 is 0. The fraction of sp³-hybridized carbons (Fsp3) is 0.167. The summed E-state index contributed by atoms with van der Waals surface area (Å²) in [6, 6.07) is 10.9. The Morgan fingerprint density at radius 2 is 2.08 bits per heavy atom. The lowest BCUT2D eigenvalue weighted by atomic mass is 10.2. The van der Waals surface area contributed by atoms with Gasteiger partial charge in [-0.3, -0.25) is 14.6 Å². The van der Waals surface area contributed by atoms with Gasteiger partial charge in [0, 0.05) is 23.8 Å². The van der Waals surface area contributed by atoms with E-state index in [4.69, 9.17) is 4.74 Å². The molecule has 7 heteroatoms. The molecule has 0 fully saturated rings. The Morgan fingerprint density at radius 3 is 2.92 bits per heavy atom. The number of rotatable bonds is 6. The van der Waals surface area contributed by atoms with Gasteiger partial charge in [0.25, 0.3) is 5.91 Å². The molecule has 0 radical (unpaired) electrons. The number of H-pyrrole nitrogens is 1. The first-order valence-corrected chi connectivity index (χ1v) is 7.70. The molecular formula is C18H17N3O4. The number of nitrogens with zero attached hydrogens (tertiary/aromatic N) is 1. The minimum absolute atomic E-state index is 0.144. The molecule has 2 aromatic heterocycles. The summed E-state index contributed by atoms with van der Waals surface area (Å²) in [6.45, 7) is 0.179. The van der Waals surface area contributed by atoms with Crippen LogP contribution in [0.5, 0.6) is 5.75 Å². The van der Waals surface area contributed by atoms with Crippen molar-refractivity contribution in [2.24, 2.45) is 0 Å². The van der Waals surface area contributed by atoms with Gasteiger partial charge in [0.1, 0.15) is 11.4 Å². The Kier molecular flexibility index (Phi) is 4.94. The number of fused-ring (bicyclic) bond motifs is 1. The third-order valence-electron chi connectivity index (χ3n) is 3.58. The van der Waals surface area contributed by atoms with Crippen LogP contribution in [0.4, 0.5) is 5.69 Å². The molecule has 0 atom stereocenters. The summed E-state index contributed by atoms with van der Waals surface area (Å²) in [6.07, 6.45) is 3.39. The second kappa shape index (κ2) is 7.48. The topological polar surface area (TPSA) is 93.3 Å². The smallest absolute Gasteiger partial charge is 0.308 e. The number of esters is 1. The van der Waals surface area contributed by atoms with Crippen molar-refractivity contribution in [2.45, 2.75) is 6.42 Å². The van der Waals surface area contributed by atoms with Gasteiger partial charge in [-0.15, -0.1) is 0 Å². The summed E-state index contributed by atoms with van der Waals surface area (Å²) in [5.74, 6) is -0.178. The van der Waals surface area contributed by atoms with Crippen molar-refractivity contribution < 1.29 is 19.1 Å². The molecule has 0 saturated carbocycles. The number of ether oxygens (including phenoxy) is 2. The van der Waals surface area contributed by atoms with E-state index in [0.29, 0.717) is 17.1 Å². The molecule has 0 aliphatic carbocycles. The van der Waals surface area contributed by atoms with Gasteiger partial charge < -0.3 is 19.8 Å². The van der Waals surface area contributed by atoms with E-state index in [1.165, 1.54) is 7.11 Å². The number of hydrogen-bond donors (Lipinski definition) is 2. The minimum atomic E-state index is -0.350. The van der Waals surface area contributed by atoms with E-state index in [9.17, 15) is 9.59 Å². The molecule has 0 bridgehead atoms. The number of methoxy groups -OCH3 is 1. The summed E-state index contributed by atoms with van der Waals surface area (Å²) < 4.78 is 9.94. The highest BCUT2D eigenvalue weighted by Crippen LogP contribution is 2.22. The third kappa shape index (κ3) is 3.95. The Morgan fingerprint density at radius 1 is 1.24 bits per heavy atom. The predicted molar refractivity (Wildman–Crippen MR) is 92.6 cm³/mol. The van der Waals surface area contributed by atoms with Crippen LogP contribution in [0.25, 0.3) is 10.9 Å². The van der Waals surface area contributed by atoms with Gasteiger partial charge in [-0.2, -0.15) is 0 Å². The van der Waals surface area contributed by atoms with Gasteiger partial charge in [-0.1, -0.05) is 18.2 Å². The van der Waals surface area contributed by atoms with Crippen LogP contribution in [-0.4, -0.2) is 35.6 Å². The van der Waals surface area contributed by atoms with Crippen molar-refractivity contribution in [3.63, 3.8) is 0 Å². The fourth-order valence-electron chi connectivity index (χ4n) is 2.34. The Balaban J connectivity index is 1.66. The molecular weight excluding hydrogens is 322 g/mol. The second-order valence-corrected chi connectivity index (χ2v) is 5.26. The molecule has 7 nitrogen and oxygen atoms in total. The van der Waals surface area contributed by atoms with Crippen LogP contribution in [-0.2, 0) is 9.53 Å². The highest BCUT2D eigenvalue weighted by atomic mass is 16.5. The van der Waals surface area contributed by atoms with E-state index in [0.717, 1.165) is 10.9 Å². The zero-order valence-corrected chi connectivity index (χ0v) is 13.6. The van der Waals surface area contributed by atoms with Crippen molar-refractivity contribution in [2.75, 3.05) is 19.0 Å². The zero-order valence-electron chi connectivity index (χ0n) is 13.6. The number of pyridine rings is 1. The minimum Gasteiger partial charge on any atom is -0.491 e. The molecule has 2 N–H and O–H groups in total. The average Bonchev–Trinajstić information content (AvgIpc) is 3.11. The molecule has 25 heavy (non-hydrogen) atoms. The third-order valence-corrected chi connectivity index (χ3v) is 3.58. The standard InChI is InChI=1S/C18H17N3O4/c1-24-16(22)7-9-25-13-10-15(20-11-13)18(23)21-14-6-2-4-12-5-3-8-19-17(12)14/h2-6,8,10-11,20H,7,9H2,1H3,(H,21,23). The summed E-state index contributed by atoms with van der Waals surface area (Å²) in [5, 5.41) is 3.78. The number of para-hydroxylation sites is 1. The molecule has 3 rings (SSSR count). The normalized spacial score (nSPS) is 10.4. The molecule has 0 aliphatic heterocycles. The van der Waals surface area contributed by atoms with E-state index in [1.807, 2.05) is 24.3 Å². The lowest BCUT2D eigenvalue weighted by Crippen LogP contribution is -2.12. The number of benzene rings is 1. The molecule has 0 aliphatic rings. The second-order valence-electron chi connectivity index (χ2n) is 5.26. The Labute approximate surface area is 144 Å². The van der Waals surface area contributed by atoms with E-state index in [1.54, 1.807) is 24.5 Å². The highest BCUT2D eigenvalue weighted by molar-refractivity contribution is 6.07. The largest absolute Gasteiger partial charge is 0.491 e. The van der Waals surface area contributed by atoms with Gasteiger partial charge in [-0.05, 0) is 12.1 Å². The summed E-state index contributed by atoms with van der Waals surface area (Å²) in [5.41, 5.74) is 1.70. The molecule has 1 amide bonds. The molecule has 1 aromatic carbocycles. The zero-order chi connectivity index (χ0) is 17.6. The molecule has 0 spiro atoms. The number of aromatic nitrogens is 2. The number of carbonyl (C=O) groups excluding carboxylic acids is 2. The number of amides is 1. The van der Waals surface area contributed by atoms with Crippen molar-refractivity contribution in [3.05, 3.63) is 54.5 Å². The van der Waals surface area contributed by atoms with Crippen LogP contribution in [0.15, 0.2) is 48.8 Å². The highest BCUT2D eigenvalue weighted by Gasteiger charge is 2.12. The predicted octanol–water partition coefficient (Wildman–Crippen LogP) is 2.76. The number of carbonyl (C=O) groups is 2. The SMILES string of the molecule is COC(=O)CCOc1c[nH]c(C(=O)Nc2cccc3cccnc23)c1. The quantitative estimate of drug-likeness (QED) is 0.674. The maximum Gasteiger partial charge on any atom is 0.308 e. The van der Waals surface area contributed by atoms with Crippen LogP contribution in [0, 0.1) is 0 Å². The van der Waals surface area contributed by atoms with Crippen LogP contribution < -0.4 is 10.1 Å². The van der Waals surface area contributed by atoms with Crippen molar-refractivity contribution in [1.29, 1.82) is 0 Å². The molecule has 128 valence electrons. The molecule has 0 unspecified atom stereocenters. The van der Waals surface area contributed by atoms with E-state index >= 15 is 0 Å². The van der Waals surface area contributed by atoms with E-state index < -0.39 is 0 Å². The van der Waals surface area contributed by atoms with Gasteiger partial charge in [0.15, 0.2) is 0 Å². The first-order chi connectivity index (χ1) is 12.2. The molecule has 3 aromatic rings. The average molecular weight is 339 g/mol. The fourth-order valence-corrected chi connectivity index (χ4v) is 2.34. The molecule has 2 heterocycles. The first kappa shape index (κ1) is 16.5. The Bertz CT molecular complexity index is 899. The van der Waals surface area contributed by atoms with Gasteiger partial charge in [-0.25, -0.2) is 0 Å². The summed E-state index contributed by atoms with van der Waals surface area (Å²) in [7, 11) is 1.32. The Hall–Kier alpha value is -3.35. The summed E-state index contributed by atoms with van der Waals surface area (Å²) in [4.78, 5) is 30.6. The monoisotopic (exact) mass is 339 g/mol. The van der Waals surface area contributed by atoms with E-state index in [2.05, 4.69) is 20.0 Å².